The van der Waals surface area contributed by atoms with Crippen molar-refractivity contribution in [3.05, 3.63) is 35.9 Å². The van der Waals surface area contributed by atoms with E-state index < -0.39 is 12.0 Å². The fourth-order valence-electron chi connectivity index (χ4n) is 1.49. The number of carbonyl (C=O) groups excluding carboxylic acids is 1. The lowest BCUT2D eigenvalue weighted by Gasteiger charge is -2.11. The number of aromatic amines is 1. The first-order chi connectivity index (χ1) is 9.08. The minimum atomic E-state index is -1.07. The molecule has 0 fully saturated rings. The number of hydrogen-bond acceptors (Lipinski definition) is 4. The standard InChI is InChI=1S/C11H13N5O3/c1-7(16-6-8(4-14-16)11(18)19)10(17)12-5-9-2-3-13-15-9/h2-4,6-7H,5H2,1H3,(H,12,17)(H,13,15)(H,18,19). The summed E-state index contributed by atoms with van der Waals surface area (Å²) in [6, 6.07) is 1.16. The van der Waals surface area contributed by atoms with E-state index in [1.165, 1.54) is 17.1 Å². The van der Waals surface area contributed by atoms with Gasteiger partial charge in [0, 0.05) is 12.4 Å². The molecule has 2 rings (SSSR count). The van der Waals surface area contributed by atoms with Gasteiger partial charge in [-0.2, -0.15) is 10.2 Å². The van der Waals surface area contributed by atoms with Gasteiger partial charge in [-0.1, -0.05) is 0 Å². The van der Waals surface area contributed by atoms with Crippen LogP contribution in [0.25, 0.3) is 0 Å². The molecule has 2 aromatic heterocycles. The zero-order valence-corrected chi connectivity index (χ0v) is 10.2. The summed E-state index contributed by atoms with van der Waals surface area (Å²) in [5.74, 6) is -1.33. The molecule has 8 nitrogen and oxygen atoms in total. The van der Waals surface area contributed by atoms with Crippen molar-refractivity contribution in [3.63, 3.8) is 0 Å². The van der Waals surface area contributed by atoms with Crippen molar-refractivity contribution >= 4 is 11.9 Å². The summed E-state index contributed by atoms with van der Waals surface area (Å²) in [5, 5.41) is 21.8. The third-order valence-corrected chi connectivity index (χ3v) is 2.64. The predicted molar refractivity (Wildman–Crippen MR) is 64.3 cm³/mol. The van der Waals surface area contributed by atoms with E-state index in [1.807, 2.05) is 0 Å². The monoisotopic (exact) mass is 263 g/mol. The number of amides is 1. The summed E-state index contributed by atoms with van der Waals surface area (Å²) in [6.45, 7) is 1.97. The van der Waals surface area contributed by atoms with Crippen molar-refractivity contribution < 1.29 is 14.7 Å². The summed E-state index contributed by atoms with van der Waals surface area (Å²) in [5.41, 5.74) is 0.834. The average molecular weight is 263 g/mol. The van der Waals surface area contributed by atoms with Crippen molar-refractivity contribution in [2.24, 2.45) is 0 Å². The van der Waals surface area contributed by atoms with Crippen LogP contribution in [0.15, 0.2) is 24.7 Å². The van der Waals surface area contributed by atoms with E-state index in [2.05, 4.69) is 20.6 Å². The molecule has 0 aliphatic carbocycles. The van der Waals surface area contributed by atoms with Crippen molar-refractivity contribution in [3.8, 4) is 0 Å². The van der Waals surface area contributed by atoms with Crippen LogP contribution in [0, 0.1) is 0 Å². The molecule has 8 heteroatoms. The van der Waals surface area contributed by atoms with E-state index >= 15 is 0 Å². The number of nitrogens with one attached hydrogen (secondary N) is 2. The van der Waals surface area contributed by atoms with Gasteiger partial charge in [-0.25, -0.2) is 4.79 Å². The van der Waals surface area contributed by atoms with Gasteiger partial charge in [-0.3, -0.25) is 14.6 Å². The van der Waals surface area contributed by atoms with E-state index in [0.29, 0.717) is 6.54 Å². The largest absolute Gasteiger partial charge is 0.478 e. The smallest absolute Gasteiger partial charge is 0.338 e. The van der Waals surface area contributed by atoms with E-state index in [0.717, 1.165) is 5.69 Å². The summed E-state index contributed by atoms with van der Waals surface area (Å²) >= 11 is 0. The Morgan fingerprint density at radius 2 is 2.37 bits per heavy atom. The normalized spacial score (nSPS) is 12.1. The minimum Gasteiger partial charge on any atom is -0.478 e. The summed E-state index contributed by atoms with van der Waals surface area (Å²) < 4.78 is 1.31. The molecule has 1 amide bonds. The fraction of sp³-hybridized carbons (Fsp3) is 0.273. The highest BCUT2D eigenvalue weighted by Crippen LogP contribution is 2.07. The second-order valence-corrected chi connectivity index (χ2v) is 3.99. The molecule has 0 saturated heterocycles. The highest BCUT2D eigenvalue weighted by molar-refractivity contribution is 5.87. The molecule has 0 radical (unpaired) electrons. The Morgan fingerprint density at radius 1 is 1.58 bits per heavy atom. The van der Waals surface area contributed by atoms with Crippen molar-refractivity contribution in [2.75, 3.05) is 0 Å². The van der Waals surface area contributed by atoms with Gasteiger partial charge in [0.2, 0.25) is 5.91 Å². The molecule has 2 heterocycles. The molecule has 2 aromatic rings. The number of hydrogen-bond donors (Lipinski definition) is 3. The maximum Gasteiger partial charge on any atom is 0.338 e. The molecule has 0 aromatic carbocycles. The van der Waals surface area contributed by atoms with Crippen LogP contribution < -0.4 is 5.32 Å². The van der Waals surface area contributed by atoms with Gasteiger partial charge in [0.15, 0.2) is 0 Å². The minimum absolute atomic E-state index is 0.0493. The van der Waals surface area contributed by atoms with Gasteiger partial charge in [-0.15, -0.1) is 0 Å². The third-order valence-electron chi connectivity index (χ3n) is 2.64. The SMILES string of the molecule is CC(C(=O)NCc1ccn[nH]1)n1cc(C(=O)O)cn1. The first kappa shape index (κ1) is 12.8. The van der Waals surface area contributed by atoms with E-state index in [-0.39, 0.29) is 11.5 Å². The number of aromatic carboxylic acids is 1. The molecular formula is C11H13N5O3. The fourth-order valence-corrected chi connectivity index (χ4v) is 1.49. The number of carboxylic acids is 1. The molecule has 0 saturated carbocycles. The molecule has 3 N–H and O–H groups in total. The lowest BCUT2D eigenvalue weighted by atomic mass is 10.3. The van der Waals surface area contributed by atoms with Gasteiger partial charge < -0.3 is 10.4 Å². The van der Waals surface area contributed by atoms with Gasteiger partial charge in [0.25, 0.3) is 0 Å². The van der Waals surface area contributed by atoms with Crippen molar-refractivity contribution in [1.82, 2.24) is 25.3 Å². The molecule has 1 atom stereocenters. The Hall–Kier alpha value is -2.64. The number of carboxylic acid groups (broad SMARTS) is 1. The second-order valence-electron chi connectivity index (χ2n) is 3.99. The number of carbonyl (C=O) groups is 2. The summed E-state index contributed by atoms with van der Waals surface area (Å²) in [6.07, 6.45) is 4.13. The van der Waals surface area contributed by atoms with Crippen LogP contribution in [0.2, 0.25) is 0 Å². The van der Waals surface area contributed by atoms with Gasteiger partial charge in [0.1, 0.15) is 6.04 Å². The first-order valence-electron chi connectivity index (χ1n) is 5.61. The van der Waals surface area contributed by atoms with Crippen molar-refractivity contribution in [2.45, 2.75) is 19.5 Å². The molecule has 1 unspecified atom stereocenters. The Balaban J connectivity index is 1.96. The van der Waals surface area contributed by atoms with Crippen LogP contribution in [-0.4, -0.2) is 37.0 Å². The summed E-state index contributed by atoms with van der Waals surface area (Å²) in [7, 11) is 0. The maximum atomic E-state index is 11.9. The molecule has 0 aliphatic heterocycles. The molecule has 0 bridgehead atoms. The molecule has 19 heavy (non-hydrogen) atoms. The van der Waals surface area contributed by atoms with Crippen molar-refractivity contribution in [1.29, 1.82) is 0 Å². The lowest BCUT2D eigenvalue weighted by molar-refractivity contribution is -0.124. The number of nitrogens with zero attached hydrogens (tertiary/aromatic N) is 3. The molecule has 0 aliphatic rings. The lowest BCUT2D eigenvalue weighted by Crippen LogP contribution is -2.31. The summed E-state index contributed by atoms with van der Waals surface area (Å²) in [4.78, 5) is 22.6. The number of aromatic nitrogens is 4. The van der Waals surface area contributed by atoms with Crippen LogP contribution in [0.1, 0.15) is 29.0 Å². The van der Waals surface area contributed by atoms with Crippen LogP contribution in [0.4, 0.5) is 0 Å². The highest BCUT2D eigenvalue weighted by Gasteiger charge is 2.17. The Kier molecular flexibility index (Phi) is 3.60. The number of rotatable bonds is 5. The first-order valence-corrected chi connectivity index (χ1v) is 5.61. The van der Waals surface area contributed by atoms with Crippen LogP contribution >= 0.6 is 0 Å². The Bertz CT molecular complexity index is 575. The van der Waals surface area contributed by atoms with Gasteiger partial charge in [-0.05, 0) is 13.0 Å². The van der Waals surface area contributed by atoms with Crippen LogP contribution in [0.5, 0.6) is 0 Å². The zero-order chi connectivity index (χ0) is 13.8. The van der Waals surface area contributed by atoms with Gasteiger partial charge in [0.05, 0.1) is 24.0 Å². The predicted octanol–water partition coefficient (Wildman–Crippen LogP) is 0.182. The van der Waals surface area contributed by atoms with E-state index in [9.17, 15) is 9.59 Å². The Labute approximate surface area is 108 Å². The van der Waals surface area contributed by atoms with Crippen LogP contribution in [0.3, 0.4) is 0 Å². The highest BCUT2D eigenvalue weighted by atomic mass is 16.4. The number of H-pyrrole nitrogens is 1. The quantitative estimate of drug-likeness (QED) is 0.712. The molecule has 0 spiro atoms. The molecular weight excluding hydrogens is 250 g/mol. The van der Waals surface area contributed by atoms with Gasteiger partial charge >= 0.3 is 5.97 Å². The average Bonchev–Trinajstić information content (AvgIpc) is 3.05. The van der Waals surface area contributed by atoms with E-state index in [4.69, 9.17) is 5.11 Å². The van der Waals surface area contributed by atoms with E-state index in [1.54, 1.807) is 19.2 Å². The maximum absolute atomic E-state index is 11.9. The second kappa shape index (κ2) is 5.34. The zero-order valence-electron chi connectivity index (χ0n) is 10.2. The topological polar surface area (TPSA) is 113 Å². The van der Waals surface area contributed by atoms with Crippen LogP contribution in [-0.2, 0) is 11.3 Å². The molecule has 100 valence electrons. The Morgan fingerprint density at radius 3 is 2.95 bits per heavy atom. The third kappa shape index (κ3) is 2.97.